The average Bonchev–Trinajstić information content (AvgIpc) is 3.11. The van der Waals surface area contributed by atoms with Crippen LogP contribution in [0.25, 0.3) is 6.08 Å². The van der Waals surface area contributed by atoms with Gasteiger partial charge in [0.2, 0.25) is 0 Å². The Morgan fingerprint density at radius 2 is 2.00 bits per heavy atom. The van der Waals surface area contributed by atoms with E-state index in [9.17, 15) is 9.59 Å². The third-order valence-electron chi connectivity index (χ3n) is 3.49. The lowest BCUT2D eigenvalue weighted by Crippen LogP contribution is -2.54. The molecule has 1 aliphatic heterocycles. The molecular formula is C18H14N2O4S. The average molecular weight is 354 g/mol. The molecule has 0 radical (unpaired) electrons. The van der Waals surface area contributed by atoms with Crippen LogP contribution in [0.15, 0.2) is 64.8 Å². The van der Waals surface area contributed by atoms with Crippen molar-refractivity contribution in [2.75, 3.05) is 12.0 Å². The summed E-state index contributed by atoms with van der Waals surface area (Å²) in [6.07, 6.45) is 6.17. The normalized spacial score (nSPS) is 16.6. The van der Waals surface area contributed by atoms with Gasteiger partial charge in [-0.2, -0.15) is 0 Å². The van der Waals surface area contributed by atoms with Crippen molar-refractivity contribution >= 4 is 40.9 Å². The molecule has 1 N–H and O–H groups in total. The zero-order valence-corrected chi connectivity index (χ0v) is 14.1. The Hall–Kier alpha value is -3.19. The summed E-state index contributed by atoms with van der Waals surface area (Å²) in [6, 6.07) is 10.4. The zero-order chi connectivity index (χ0) is 17.8. The minimum atomic E-state index is -0.551. The number of hydrogen-bond donors (Lipinski definition) is 1. The summed E-state index contributed by atoms with van der Waals surface area (Å²) in [6.45, 7) is 0. The highest BCUT2D eigenvalue weighted by molar-refractivity contribution is 7.80. The highest BCUT2D eigenvalue weighted by atomic mass is 32.1. The minimum Gasteiger partial charge on any atom is -0.495 e. The first-order chi connectivity index (χ1) is 12.1. The van der Waals surface area contributed by atoms with Crippen LogP contribution in [0.2, 0.25) is 0 Å². The second-order valence-corrected chi connectivity index (χ2v) is 5.41. The lowest BCUT2D eigenvalue weighted by Gasteiger charge is -2.29. The predicted molar refractivity (Wildman–Crippen MR) is 97.0 cm³/mol. The molecule has 0 spiro atoms. The number of hydrogen-bond acceptors (Lipinski definition) is 5. The molecule has 2 amide bonds. The largest absolute Gasteiger partial charge is 0.495 e. The van der Waals surface area contributed by atoms with E-state index in [1.807, 2.05) is 0 Å². The van der Waals surface area contributed by atoms with Gasteiger partial charge in [-0.15, -0.1) is 0 Å². The van der Waals surface area contributed by atoms with Crippen molar-refractivity contribution in [3.8, 4) is 5.75 Å². The summed E-state index contributed by atoms with van der Waals surface area (Å²) in [5, 5.41) is 2.53. The number of nitrogens with zero attached hydrogens (tertiary/aromatic N) is 1. The van der Waals surface area contributed by atoms with E-state index in [1.165, 1.54) is 24.3 Å². The van der Waals surface area contributed by atoms with E-state index < -0.39 is 11.8 Å². The Labute approximate surface area is 149 Å². The van der Waals surface area contributed by atoms with Crippen LogP contribution < -0.4 is 15.0 Å². The quantitative estimate of drug-likeness (QED) is 0.519. The molecule has 25 heavy (non-hydrogen) atoms. The second kappa shape index (κ2) is 7.14. The van der Waals surface area contributed by atoms with Crippen LogP contribution >= 0.6 is 12.2 Å². The smallest absolute Gasteiger partial charge is 0.270 e. The van der Waals surface area contributed by atoms with Crippen molar-refractivity contribution in [2.45, 2.75) is 0 Å². The number of carbonyl (C=O) groups excluding carboxylic acids is 2. The van der Waals surface area contributed by atoms with Gasteiger partial charge in [0.1, 0.15) is 17.1 Å². The summed E-state index contributed by atoms with van der Waals surface area (Å²) < 4.78 is 10.4. The van der Waals surface area contributed by atoms with E-state index in [0.29, 0.717) is 17.2 Å². The molecule has 0 saturated carbocycles. The van der Waals surface area contributed by atoms with Crippen LogP contribution in [-0.2, 0) is 9.59 Å². The zero-order valence-electron chi connectivity index (χ0n) is 13.3. The summed E-state index contributed by atoms with van der Waals surface area (Å²) >= 11 is 5.16. The molecule has 1 aromatic heterocycles. The fraction of sp³-hybridized carbons (Fsp3) is 0.0556. The number of furan rings is 1. The fourth-order valence-electron chi connectivity index (χ4n) is 2.34. The monoisotopic (exact) mass is 354 g/mol. The Kier molecular flexibility index (Phi) is 4.76. The Morgan fingerprint density at radius 3 is 2.72 bits per heavy atom. The molecule has 126 valence electrons. The minimum absolute atomic E-state index is 0.00617. The first kappa shape index (κ1) is 16.7. The molecule has 1 aliphatic rings. The number of nitrogens with one attached hydrogen (secondary N) is 1. The van der Waals surface area contributed by atoms with Gasteiger partial charge in [-0.1, -0.05) is 18.2 Å². The standard InChI is InChI=1S/C18H14N2O4S/c1-23-15-10-3-2-9-14(15)20-17(22)13(16(21)19-18(20)25)8-4-6-12-7-5-11-24-12/h2-11H,1H3,(H,19,21,25)/b6-4+,13-8+. The topological polar surface area (TPSA) is 71.8 Å². The molecule has 0 atom stereocenters. The third-order valence-corrected chi connectivity index (χ3v) is 3.78. The van der Waals surface area contributed by atoms with E-state index in [4.69, 9.17) is 21.4 Å². The van der Waals surface area contributed by atoms with E-state index in [0.717, 1.165) is 0 Å². The molecule has 7 heteroatoms. The van der Waals surface area contributed by atoms with E-state index >= 15 is 0 Å². The summed E-state index contributed by atoms with van der Waals surface area (Å²) in [4.78, 5) is 26.2. The van der Waals surface area contributed by atoms with Crippen LogP contribution in [0.1, 0.15) is 5.76 Å². The van der Waals surface area contributed by atoms with Gasteiger partial charge >= 0.3 is 0 Å². The SMILES string of the molecule is COc1ccccc1N1C(=O)/C(=C/C=C/c2ccco2)C(=O)NC1=S. The molecule has 1 fully saturated rings. The van der Waals surface area contributed by atoms with Crippen molar-refractivity contribution < 1.29 is 18.7 Å². The lowest BCUT2D eigenvalue weighted by molar-refractivity contribution is -0.122. The van der Waals surface area contributed by atoms with Gasteiger partial charge in [-0.05, 0) is 48.6 Å². The number of thiocarbonyl (C=S) groups is 1. The molecule has 1 saturated heterocycles. The second-order valence-electron chi connectivity index (χ2n) is 5.03. The number of amides is 2. The van der Waals surface area contributed by atoms with Crippen molar-refractivity contribution in [2.24, 2.45) is 0 Å². The number of benzene rings is 1. The van der Waals surface area contributed by atoms with Gasteiger partial charge < -0.3 is 9.15 Å². The Morgan fingerprint density at radius 1 is 1.20 bits per heavy atom. The van der Waals surface area contributed by atoms with Crippen molar-refractivity contribution in [3.05, 3.63) is 66.1 Å². The molecule has 2 heterocycles. The highest BCUT2D eigenvalue weighted by Crippen LogP contribution is 2.30. The molecule has 6 nitrogen and oxygen atoms in total. The fourth-order valence-corrected chi connectivity index (χ4v) is 2.61. The molecular weight excluding hydrogens is 340 g/mol. The van der Waals surface area contributed by atoms with Crippen LogP contribution in [-0.4, -0.2) is 24.0 Å². The number of carbonyl (C=O) groups is 2. The van der Waals surface area contributed by atoms with Crippen molar-refractivity contribution in [1.82, 2.24) is 5.32 Å². The number of methoxy groups -OCH3 is 1. The van der Waals surface area contributed by atoms with E-state index in [2.05, 4.69) is 5.32 Å². The van der Waals surface area contributed by atoms with Gasteiger partial charge in [0.05, 0.1) is 19.1 Å². The lowest BCUT2D eigenvalue weighted by atomic mass is 10.1. The molecule has 0 bridgehead atoms. The van der Waals surface area contributed by atoms with Crippen LogP contribution in [0.4, 0.5) is 5.69 Å². The predicted octanol–water partition coefficient (Wildman–Crippen LogP) is 2.68. The molecule has 2 aromatic rings. The Bertz CT molecular complexity index is 884. The number of ether oxygens (including phenoxy) is 1. The maximum atomic E-state index is 12.8. The molecule has 1 aromatic carbocycles. The van der Waals surface area contributed by atoms with Crippen LogP contribution in [0.3, 0.4) is 0 Å². The Balaban J connectivity index is 1.94. The number of allylic oxidation sites excluding steroid dienone is 2. The highest BCUT2D eigenvalue weighted by Gasteiger charge is 2.35. The maximum absolute atomic E-state index is 12.8. The summed E-state index contributed by atoms with van der Waals surface area (Å²) in [5.41, 5.74) is 0.420. The first-order valence-corrected chi connectivity index (χ1v) is 7.77. The van der Waals surface area contributed by atoms with Gasteiger partial charge in [0.25, 0.3) is 11.8 Å². The molecule has 0 unspecified atom stereocenters. The van der Waals surface area contributed by atoms with Gasteiger partial charge in [-0.3, -0.25) is 14.9 Å². The molecule has 3 rings (SSSR count). The number of para-hydroxylation sites is 2. The first-order valence-electron chi connectivity index (χ1n) is 7.36. The van der Waals surface area contributed by atoms with Crippen molar-refractivity contribution in [1.29, 1.82) is 0 Å². The van der Waals surface area contributed by atoms with Gasteiger partial charge in [-0.25, -0.2) is 4.90 Å². The number of rotatable bonds is 4. The summed E-state index contributed by atoms with van der Waals surface area (Å²) in [5.74, 6) is 0.00466. The van der Waals surface area contributed by atoms with Crippen LogP contribution in [0.5, 0.6) is 5.75 Å². The summed E-state index contributed by atoms with van der Waals surface area (Å²) in [7, 11) is 1.50. The number of anilines is 1. The van der Waals surface area contributed by atoms with Gasteiger partial charge in [0, 0.05) is 0 Å². The van der Waals surface area contributed by atoms with E-state index in [1.54, 1.807) is 48.6 Å². The maximum Gasteiger partial charge on any atom is 0.270 e. The van der Waals surface area contributed by atoms with Crippen molar-refractivity contribution in [3.63, 3.8) is 0 Å². The third kappa shape index (κ3) is 3.36. The van der Waals surface area contributed by atoms with E-state index in [-0.39, 0.29) is 10.7 Å². The van der Waals surface area contributed by atoms with Gasteiger partial charge in [0.15, 0.2) is 5.11 Å². The van der Waals surface area contributed by atoms with Crippen LogP contribution in [0, 0.1) is 0 Å². The molecule has 0 aliphatic carbocycles.